The van der Waals surface area contributed by atoms with E-state index in [2.05, 4.69) is 5.32 Å². The number of aryl methyl sites for hydroxylation is 2. The zero-order valence-electron chi connectivity index (χ0n) is 18.0. The molecule has 0 aliphatic carbocycles. The first-order valence-corrected chi connectivity index (χ1v) is 11.6. The van der Waals surface area contributed by atoms with Crippen LogP contribution < -0.4 is 10.7 Å². The zero-order valence-corrected chi connectivity index (χ0v) is 18.8. The molecular formula is C25H21FN2O4S. The van der Waals surface area contributed by atoms with E-state index >= 15 is 0 Å². The molecule has 8 heteroatoms. The minimum Gasteiger partial charge on any atom is -0.336 e. The first-order valence-electron chi connectivity index (χ1n) is 10.2. The van der Waals surface area contributed by atoms with Gasteiger partial charge in [-0.25, -0.2) is 12.8 Å². The predicted molar refractivity (Wildman–Crippen MR) is 125 cm³/mol. The average molecular weight is 465 g/mol. The van der Waals surface area contributed by atoms with Gasteiger partial charge in [0.05, 0.1) is 10.4 Å². The highest BCUT2D eigenvalue weighted by molar-refractivity contribution is 7.91. The number of carbonyl (C=O) groups is 1. The molecule has 1 aromatic heterocycles. The summed E-state index contributed by atoms with van der Waals surface area (Å²) in [5.74, 6) is -1.10. The molecule has 1 amide bonds. The number of carbonyl (C=O) groups excluding carboxylic acids is 1. The molecule has 0 fully saturated rings. The first kappa shape index (κ1) is 22.4. The van der Waals surface area contributed by atoms with Gasteiger partial charge in [0.2, 0.25) is 21.2 Å². The zero-order chi connectivity index (χ0) is 23.8. The number of para-hydroxylation sites is 1. The molecule has 168 valence electrons. The number of hydrogen-bond donors (Lipinski definition) is 1. The van der Waals surface area contributed by atoms with Crippen LogP contribution in [0.3, 0.4) is 0 Å². The Kier molecular flexibility index (Phi) is 5.86. The molecule has 3 aromatic carbocycles. The minimum absolute atomic E-state index is 0.0585. The van der Waals surface area contributed by atoms with Gasteiger partial charge in [0.25, 0.3) is 0 Å². The second kappa shape index (κ2) is 8.63. The number of hydrogen-bond acceptors (Lipinski definition) is 4. The standard InChI is InChI=1S/C25H21FN2O4S/c1-16-7-10-19(11-8-16)33(31,32)23-14-28(22-12-9-18(26)13-20(22)25(23)30)15-24(29)27-21-6-4-3-5-17(21)2/h3-14H,15H2,1-2H3,(H,27,29). The Hall–Kier alpha value is -3.78. The molecule has 1 N–H and O–H groups in total. The lowest BCUT2D eigenvalue weighted by molar-refractivity contribution is -0.116. The van der Waals surface area contributed by atoms with E-state index < -0.39 is 31.9 Å². The van der Waals surface area contributed by atoms with E-state index in [0.717, 1.165) is 29.5 Å². The summed E-state index contributed by atoms with van der Waals surface area (Å²) in [4.78, 5) is 25.3. The number of halogens is 1. The van der Waals surface area contributed by atoms with Crippen molar-refractivity contribution in [2.45, 2.75) is 30.2 Å². The summed E-state index contributed by atoms with van der Waals surface area (Å²) < 4.78 is 41.8. The van der Waals surface area contributed by atoms with Gasteiger partial charge in [-0.1, -0.05) is 35.9 Å². The molecule has 0 aliphatic heterocycles. The second-order valence-electron chi connectivity index (χ2n) is 7.79. The van der Waals surface area contributed by atoms with Crippen molar-refractivity contribution in [2.24, 2.45) is 0 Å². The van der Waals surface area contributed by atoms with Crippen molar-refractivity contribution in [1.29, 1.82) is 0 Å². The van der Waals surface area contributed by atoms with Crippen molar-refractivity contribution in [2.75, 3.05) is 5.32 Å². The van der Waals surface area contributed by atoms with Gasteiger partial charge in [-0.05, 0) is 55.8 Å². The quantitative estimate of drug-likeness (QED) is 0.479. The Morgan fingerprint density at radius 3 is 2.39 bits per heavy atom. The SMILES string of the molecule is Cc1ccc(S(=O)(=O)c2cn(CC(=O)Nc3ccccc3C)c3ccc(F)cc3c2=O)cc1. The molecule has 0 saturated heterocycles. The van der Waals surface area contributed by atoms with E-state index in [-0.39, 0.29) is 22.3 Å². The molecular weight excluding hydrogens is 443 g/mol. The third kappa shape index (κ3) is 4.42. The van der Waals surface area contributed by atoms with Gasteiger partial charge in [0.1, 0.15) is 17.3 Å². The van der Waals surface area contributed by atoms with E-state index in [1.807, 2.05) is 26.0 Å². The Bertz CT molecular complexity index is 1540. The van der Waals surface area contributed by atoms with Crippen LogP contribution in [0.15, 0.2) is 87.5 Å². The van der Waals surface area contributed by atoms with E-state index in [0.29, 0.717) is 5.69 Å². The number of amides is 1. The molecule has 4 aromatic rings. The smallest absolute Gasteiger partial charge is 0.244 e. The van der Waals surface area contributed by atoms with Gasteiger partial charge in [0, 0.05) is 17.3 Å². The van der Waals surface area contributed by atoms with E-state index in [9.17, 15) is 22.4 Å². The number of anilines is 1. The number of benzene rings is 3. The van der Waals surface area contributed by atoms with Crippen LogP contribution >= 0.6 is 0 Å². The van der Waals surface area contributed by atoms with Crippen LogP contribution in [0.1, 0.15) is 11.1 Å². The van der Waals surface area contributed by atoms with Crippen LogP contribution in [0.4, 0.5) is 10.1 Å². The largest absolute Gasteiger partial charge is 0.336 e. The summed E-state index contributed by atoms with van der Waals surface area (Å²) in [5, 5.41) is 2.67. The van der Waals surface area contributed by atoms with Crippen LogP contribution in [0.5, 0.6) is 0 Å². The second-order valence-corrected chi connectivity index (χ2v) is 9.71. The maximum absolute atomic E-state index is 14.0. The van der Waals surface area contributed by atoms with Crippen molar-refractivity contribution in [3.63, 3.8) is 0 Å². The van der Waals surface area contributed by atoms with Crippen LogP contribution in [0.25, 0.3) is 10.9 Å². The summed E-state index contributed by atoms with van der Waals surface area (Å²) in [7, 11) is -4.20. The van der Waals surface area contributed by atoms with Gasteiger partial charge in [-0.15, -0.1) is 0 Å². The van der Waals surface area contributed by atoms with Crippen LogP contribution in [-0.4, -0.2) is 18.9 Å². The van der Waals surface area contributed by atoms with E-state index in [4.69, 9.17) is 0 Å². The molecule has 4 rings (SSSR count). The van der Waals surface area contributed by atoms with Crippen LogP contribution in [0, 0.1) is 19.7 Å². The molecule has 33 heavy (non-hydrogen) atoms. The Morgan fingerprint density at radius 2 is 1.70 bits per heavy atom. The number of rotatable bonds is 5. The fraction of sp³-hybridized carbons (Fsp3) is 0.120. The number of nitrogens with one attached hydrogen (secondary N) is 1. The molecule has 1 heterocycles. The van der Waals surface area contributed by atoms with Crippen molar-refractivity contribution in [1.82, 2.24) is 4.57 Å². The average Bonchev–Trinajstić information content (AvgIpc) is 2.77. The van der Waals surface area contributed by atoms with Gasteiger partial charge >= 0.3 is 0 Å². The molecule has 0 atom stereocenters. The molecule has 6 nitrogen and oxygen atoms in total. The van der Waals surface area contributed by atoms with Gasteiger partial charge in [0.15, 0.2) is 0 Å². The summed E-state index contributed by atoms with van der Waals surface area (Å²) in [6.45, 7) is 3.39. The minimum atomic E-state index is -4.20. The van der Waals surface area contributed by atoms with Gasteiger partial charge < -0.3 is 9.88 Å². The highest BCUT2D eigenvalue weighted by Gasteiger charge is 2.24. The number of aromatic nitrogens is 1. The first-order chi connectivity index (χ1) is 15.7. The van der Waals surface area contributed by atoms with Gasteiger partial charge in [-0.2, -0.15) is 0 Å². The third-order valence-corrected chi connectivity index (χ3v) is 7.13. The van der Waals surface area contributed by atoms with E-state index in [1.165, 1.54) is 22.8 Å². The summed E-state index contributed by atoms with van der Waals surface area (Å²) in [6, 6.07) is 16.8. The number of fused-ring (bicyclic) bond motifs is 1. The molecule has 0 radical (unpaired) electrons. The fourth-order valence-corrected chi connectivity index (χ4v) is 4.94. The van der Waals surface area contributed by atoms with E-state index in [1.54, 1.807) is 24.3 Å². The van der Waals surface area contributed by atoms with Crippen molar-refractivity contribution in [3.05, 3.63) is 100 Å². The molecule has 0 saturated carbocycles. The summed E-state index contributed by atoms with van der Waals surface area (Å²) in [6.07, 6.45) is 1.15. The Labute approximate surface area is 190 Å². The van der Waals surface area contributed by atoms with Crippen LogP contribution in [0.2, 0.25) is 0 Å². The predicted octanol–water partition coefficient (Wildman–Crippen LogP) is 4.23. The molecule has 0 bridgehead atoms. The number of nitrogens with zero attached hydrogens (tertiary/aromatic N) is 1. The highest BCUT2D eigenvalue weighted by Crippen LogP contribution is 2.22. The topological polar surface area (TPSA) is 85.2 Å². The third-order valence-electron chi connectivity index (χ3n) is 5.36. The van der Waals surface area contributed by atoms with Crippen molar-refractivity contribution < 1.29 is 17.6 Å². The fourth-order valence-electron chi connectivity index (χ4n) is 3.57. The maximum Gasteiger partial charge on any atom is 0.244 e. The van der Waals surface area contributed by atoms with Crippen molar-refractivity contribution in [3.8, 4) is 0 Å². The Morgan fingerprint density at radius 1 is 1.00 bits per heavy atom. The van der Waals surface area contributed by atoms with Crippen LogP contribution in [-0.2, 0) is 21.2 Å². The monoisotopic (exact) mass is 464 g/mol. The highest BCUT2D eigenvalue weighted by atomic mass is 32.2. The molecule has 0 unspecified atom stereocenters. The Balaban J connectivity index is 1.83. The number of sulfone groups is 1. The lowest BCUT2D eigenvalue weighted by Gasteiger charge is -2.15. The van der Waals surface area contributed by atoms with Crippen molar-refractivity contribution >= 4 is 32.3 Å². The summed E-state index contributed by atoms with van der Waals surface area (Å²) >= 11 is 0. The number of pyridine rings is 1. The molecule has 0 spiro atoms. The van der Waals surface area contributed by atoms with Gasteiger partial charge in [-0.3, -0.25) is 9.59 Å². The normalized spacial score (nSPS) is 11.5. The lowest BCUT2D eigenvalue weighted by atomic mass is 10.2. The molecule has 0 aliphatic rings. The summed E-state index contributed by atoms with van der Waals surface area (Å²) in [5.41, 5.74) is 1.77. The lowest BCUT2D eigenvalue weighted by Crippen LogP contribution is -2.24. The maximum atomic E-state index is 14.0.